The third-order valence-electron chi connectivity index (χ3n) is 3.04. The van der Waals surface area contributed by atoms with Crippen LogP contribution >= 0.6 is 15.9 Å². The molecule has 1 saturated heterocycles. The van der Waals surface area contributed by atoms with Gasteiger partial charge in [0.1, 0.15) is 5.60 Å². The predicted octanol–water partition coefficient (Wildman–Crippen LogP) is 3.81. The van der Waals surface area contributed by atoms with Gasteiger partial charge in [-0.2, -0.15) is 0 Å². The highest BCUT2D eigenvalue weighted by Gasteiger charge is 2.34. The molecule has 1 atom stereocenters. The Labute approximate surface area is 113 Å². The number of hydrogen-bond acceptors (Lipinski definition) is 2. The van der Waals surface area contributed by atoms with Gasteiger partial charge in [-0.1, -0.05) is 15.9 Å². The summed E-state index contributed by atoms with van der Waals surface area (Å²) in [5.41, 5.74) is -0.409. The highest BCUT2D eigenvalue weighted by Crippen LogP contribution is 2.33. The van der Waals surface area contributed by atoms with Gasteiger partial charge in [0.15, 0.2) is 0 Å². The van der Waals surface area contributed by atoms with E-state index in [0.29, 0.717) is 5.92 Å². The Morgan fingerprint density at radius 1 is 1.29 bits per heavy atom. The minimum absolute atomic E-state index is 0.0771. The molecule has 0 bridgehead atoms. The largest absolute Gasteiger partial charge is 0.444 e. The number of rotatable bonds is 1. The summed E-state index contributed by atoms with van der Waals surface area (Å²) in [6, 6.07) is 0. The summed E-state index contributed by atoms with van der Waals surface area (Å²) >= 11 is 3.70. The third-order valence-corrected chi connectivity index (χ3v) is 3.69. The zero-order chi connectivity index (χ0) is 13.3. The van der Waals surface area contributed by atoms with E-state index in [1.807, 2.05) is 25.7 Å². The van der Waals surface area contributed by atoms with Gasteiger partial charge in [0, 0.05) is 17.4 Å². The lowest BCUT2D eigenvalue weighted by molar-refractivity contribution is 0.0153. The first kappa shape index (κ1) is 14.8. The van der Waals surface area contributed by atoms with E-state index >= 15 is 0 Å². The highest BCUT2D eigenvalue weighted by molar-refractivity contribution is 9.10. The number of carbonyl (C=O) groups is 1. The SMILES string of the molecule is CC(C)(C)OC(=O)N1CCCC(C(C)(C)Br)C1. The quantitative estimate of drug-likeness (QED) is 0.690. The van der Waals surface area contributed by atoms with Gasteiger partial charge in [0.25, 0.3) is 0 Å². The van der Waals surface area contributed by atoms with Crippen molar-refractivity contribution in [2.45, 2.75) is 57.4 Å². The van der Waals surface area contributed by atoms with Crippen LogP contribution in [0.4, 0.5) is 4.79 Å². The van der Waals surface area contributed by atoms with E-state index in [-0.39, 0.29) is 10.4 Å². The molecule has 4 heteroatoms. The number of alkyl halides is 1. The fraction of sp³-hybridized carbons (Fsp3) is 0.923. The molecule has 1 rings (SSSR count). The summed E-state index contributed by atoms with van der Waals surface area (Å²) in [7, 11) is 0. The number of amides is 1. The highest BCUT2D eigenvalue weighted by atomic mass is 79.9. The van der Waals surface area contributed by atoms with Gasteiger partial charge in [-0.05, 0) is 53.4 Å². The van der Waals surface area contributed by atoms with Crippen molar-refractivity contribution < 1.29 is 9.53 Å². The summed E-state index contributed by atoms with van der Waals surface area (Å²) in [6.45, 7) is 11.6. The van der Waals surface area contributed by atoms with Crippen LogP contribution < -0.4 is 0 Å². The Balaban J connectivity index is 2.58. The molecule has 3 nitrogen and oxygen atoms in total. The van der Waals surface area contributed by atoms with Gasteiger partial charge < -0.3 is 9.64 Å². The molecule has 0 spiro atoms. The van der Waals surface area contributed by atoms with Gasteiger partial charge in [-0.3, -0.25) is 0 Å². The predicted molar refractivity (Wildman–Crippen MR) is 73.5 cm³/mol. The number of nitrogens with zero attached hydrogens (tertiary/aromatic N) is 1. The second-order valence-electron chi connectivity index (χ2n) is 6.33. The van der Waals surface area contributed by atoms with E-state index < -0.39 is 5.60 Å². The zero-order valence-electron chi connectivity index (χ0n) is 11.5. The van der Waals surface area contributed by atoms with Gasteiger partial charge in [0.2, 0.25) is 0 Å². The number of piperidine rings is 1. The van der Waals surface area contributed by atoms with E-state index in [9.17, 15) is 4.79 Å². The Kier molecular flexibility index (Phi) is 4.50. The molecule has 100 valence electrons. The molecule has 0 aromatic rings. The standard InChI is InChI=1S/C13H24BrNO2/c1-12(2,3)17-11(16)15-8-6-7-10(9-15)13(4,5)14/h10H,6-9H2,1-5H3. The van der Waals surface area contributed by atoms with Crippen LogP contribution in [0.15, 0.2) is 0 Å². The van der Waals surface area contributed by atoms with Crippen molar-refractivity contribution in [1.82, 2.24) is 4.90 Å². The van der Waals surface area contributed by atoms with E-state index in [2.05, 4.69) is 29.8 Å². The fourth-order valence-electron chi connectivity index (χ4n) is 2.03. The summed E-state index contributed by atoms with van der Waals surface area (Å²) in [5.74, 6) is 0.490. The molecule has 17 heavy (non-hydrogen) atoms. The molecule has 0 saturated carbocycles. The van der Waals surface area contributed by atoms with Crippen LogP contribution in [0, 0.1) is 5.92 Å². The van der Waals surface area contributed by atoms with E-state index in [1.54, 1.807) is 0 Å². The van der Waals surface area contributed by atoms with Crippen LogP contribution in [0.5, 0.6) is 0 Å². The number of carbonyl (C=O) groups excluding carboxylic acids is 1. The lowest BCUT2D eigenvalue weighted by atomic mass is 9.88. The maximum atomic E-state index is 12.0. The summed E-state index contributed by atoms with van der Waals surface area (Å²) < 4.78 is 5.49. The molecule has 0 N–H and O–H groups in total. The topological polar surface area (TPSA) is 29.5 Å². The maximum Gasteiger partial charge on any atom is 0.410 e. The molecule has 0 aromatic carbocycles. The van der Waals surface area contributed by atoms with Crippen molar-refractivity contribution in [3.05, 3.63) is 0 Å². The van der Waals surface area contributed by atoms with Gasteiger partial charge in [-0.15, -0.1) is 0 Å². The van der Waals surface area contributed by atoms with Gasteiger partial charge in [-0.25, -0.2) is 4.79 Å². The first-order chi connectivity index (χ1) is 7.59. The molecule has 0 aliphatic carbocycles. The van der Waals surface area contributed by atoms with Crippen LogP contribution in [0.1, 0.15) is 47.5 Å². The minimum atomic E-state index is -0.409. The molecule has 0 radical (unpaired) electrons. The molecule has 1 heterocycles. The molecule has 1 amide bonds. The smallest absolute Gasteiger partial charge is 0.410 e. The van der Waals surface area contributed by atoms with Crippen molar-refractivity contribution in [2.24, 2.45) is 5.92 Å². The molecular formula is C13H24BrNO2. The molecule has 1 unspecified atom stereocenters. The Morgan fingerprint density at radius 2 is 1.88 bits per heavy atom. The average Bonchev–Trinajstić information content (AvgIpc) is 2.14. The molecule has 0 aromatic heterocycles. The molecule has 1 aliphatic heterocycles. The van der Waals surface area contributed by atoms with Crippen molar-refractivity contribution in [2.75, 3.05) is 13.1 Å². The Morgan fingerprint density at radius 3 is 2.35 bits per heavy atom. The lowest BCUT2D eigenvalue weighted by Crippen LogP contribution is -2.46. The van der Waals surface area contributed by atoms with Crippen LogP contribution in [0.3, 0.4) is 0 Å². The molecule has 1 fully saturated rings. The number of ether oxygens (including phenoxy) is 1. The van der Waals surface area contributed by atoms with E-state index in [0.717, 1.165) is 25.9 Å². The summed E-state index contributed by atoms with van der Waals surface area (Å²) in [4.78, 5) is 13.8. The van der Waals surface area contributed by atoms with E-state index in [4.69, 9.17) is 4.74 Å². The van der Waals surface area contributed by atoms with Gasteiger partial charge >= 0.3 is 6.09 Å². The van der Waals surface area contributed by atoms with Crippen LogP contribution in [0.25, 0.3) is 0 Å². The second-order valence-corrected chi connectivity index (χ2v) is 8.37. The average molecular weight is 306 g/mol. The van der Waals surface area contributed by atoms with Crippen LogP contribution in [-0.2, 0) is 4.74 Å². The lowest BCUT2D eigenvalue weighted by Gasteiger charge is -2.39. The first-order valence-electron chi connectivity index (χ1n) is 6.26. The minimum Gasteiger partial charge on any atom is -0.444 e. The fourth-order valence-corrected chi connectivity index (χ4v) is 2.40. The monoisotopic (exact) mass is 305 g/mol. The van der Waals surface area contributed by atoms with Crippen molar-refractivity contribution >= 4 is 22.0 Å². The first-order valence-corrected chi connectivity index (χ1v) is 7.06. The zero-order valence-corrected chi connectivity index (χ0v) is 13.1. The Hall–Kier alpha value is -0.250. The Bertz CT molecular complexity index is 278. The number of likely N-dealkylation sites (tertiary alicyclic amines) is 1. The molecule has 1 aliphatic rings. The maximum absolute atomic E-state index is 12.0. The number of hydrogen-bond donors (Lipinski definition) is 0. The van der Waals surface area contributed by atoms with E-state index in [1.165, 1.54) is 0 Å². The summed E-state index contributed by atoms with van der Waals surface area (Å²) in [5, 5.41) is 0. The number of halogens is 1. The van der Waals surface area contributed by atoms with Gasteiger partial charge in [0.05, 0.1) is 0 Å². The van der Waals surface area contributed by atoms with Crippen LogP contribution in [0.2, 0.25) is 0 Å². The second kappa shape index (κ2) is 5.17. The van der Waals surface area contributed by atoms with Crippen molar-refractivity contribution in [3.8, 4) is 0 Å². The normalized spacial score (nSPS) is 22.5. The van der Waals surface area contributed by atoms with Crippen molar-refractivity contribution in [1.29, 1.82) is 0 Å². The third kappa shape index (κ3) is 4.86. The van der Waals surface area contributed by atoms with Crippen LogP contribution in [-0.4, -0.2) is 34.0 Å². The summed E-state index contributed by atoms with van der Waals surface area (Å²) in [6.07, 6.45) is 2.04. The molecular weight excluding hydrogens is 282 g/mol. The van der Waals surface area contributed by atoms with Crippen molar-refractivity contribution in [3.63, 3.8) is 0 Å².